The van der Waals surface area contributed by atoms with Crippen molar-refractivity contribution in [1.29, 1.82) is 0 Å². The number of non-ortho nitro benzene ring substituents is 1. The van der Waals surface area contributed by atoms with Crippen molar-refractivity contribution in [3.8, 4) is 23.0 Å². The fourth-order valence-corrected chi connectivity index (χ4v) is 3.73. The van der Waals surface area contributed by atoms with Gasteiger partial charge in [0.05, 0.1) is 35.6 Å². The van der Waals surface area contributed by atoms with Crippen molar-refractivity contribution < 1.29 is 29.4 Å². The average molecular weight is 492 g/mol. The van der Waals surface area contributed by atoms with Crippen LogP contribution in [0.15, 0.2) is 59.7 Å². The first-order chi connectivity index (χ1) is 17.3. The number of carbonyl (C=O) groups is 1. The highest BCUT2D eigenvalue weighted by molar-refractivity contribution is 6.02. The molecule has 0 aliphatic carbocycles. The second kappa shape index (κ2) is 10.2. The minimum atomic E-state index is -0.869. The van der Waals surface area contributed by atoms with Crippen molar-refractivity contribution in [1.82, 2.24) is 5.01 Å². The number of amides is 1. The molecule has 0 saturated carbocycles. The standard InChI is InChI=1S/C25H24N4O7/c1-3-35-22-11-15(5-9-20(22)30)14-26-28-24(16-6-10-21(31)23(12-16)36-4-2)27-19-13-17(29(33)34)7-8-18(19)25(28)32/h5-14,24,27,30-31H,3-4H2,1-2H3/b26-14+. The van der Waals surface area contributed by atoms with E-state index in [1.54, 1.807) is 38.1 Å². The van der Waals surface area contributed by atoms with Crippen LogP contribution in [0.3, 0.4) is 0 Å². The Morgan fingerprint density at radius 3 is 2.36 bits per heavy atom. The maximum Gasteiger partial charge on any atom is 0.278 e. The Morgan fingerprint density at radius 2 is 1.69 bits per heavy atom. The van der Waals surface area contributed by atoms with Gasteiger partial charge in [0.2, 0.25) is 0 Å². The van der Waals surface area contributed by atoms with Gasteiger partial charge in [-0.2, -0.15) is 5.10 Å². The summed E-state index contributed by atoms with van der Waals surface area (Å²) in [7, 11) is 0. The number of fused-ring (bicyclic) bond motifs is 1. The van der Waals surface area contributed by atoms with Gasteiger partial charge in [0, 0.05) is 17.7 Å². The molecule has 0 spiro atoms. The zero-order chi connectivity index (χ0) is 25.8. The highest BCUT2D eigenvalue weighted by Gasteiger charge is 2.34. The number of hydrogen-bond donors (Lipinski definition) is 3. The number of benzene rings is 3. The molecule has 1 amide bonds. The van der Waals surface area contributed by atoms with Crippen LogP contribution in [0.4, 0.5) is 11.4 Å². The Balaban J connectivity index is 1.77. The molecule has 1 aliphatic rings. The first kappa shape index (κ1) is 24.3. The highest BCUT2D eigenvalue weighted by atomic mass is 16.6. The summed E-state index contributed by atoms with van der Waals surface area (Å²) in [6, 6.07) is 13.2. The van der Waals surface area contributed by atoms with Gasteiger partial charge in [0.25, 0.3) is 11.6 Å². The second-order valence-electron chi connectivity index (χ2n) is 7.75. The maximum atomic E-state index is 13.5. The topological polar surface area (TPSA) is 147 Å². The Labute approximate surface area is 206 Å². The van der Waals surface area contributed by atoms with Gasteiger partial charge < -0.3 is 25.0 Å². The molecule has 11 heteroatoms. The molecule has 3 N–H and O–H groups in total. The third kappa shape index (κ3) is 4.85. The monoisotopic (exact) mass is 492 g/mol. The summed E-state index contributed by atoms with van der Waals surface area (Å²) in [5.74, 6) is -0.0849. The van der Waals surface area contributed by atoms with Crippen LogP contribution < -0.4 is 14.8 Å². The fraction of sp³-hybridized carbons (Fsp3) is 0.200. The van der Waals surface area contributed by atoms with E-state index in [0.717, 1.165) is 0 Å². The van der Waals surface area contributed by atoms with Gasteiger partial charge in [-0.15, -0.1) is 0 Å². The molecule has 186 valence electrons. The molecule has 11 nitrogen and oxygen atoms in total. The number of nitrogens with zero attached hydrogens (tertiary/aromatic N) is 3. The zero-order valence-corrected chi connectivity index (χ0v) is 19.5. The van der Waals surface area contributed by atoms with Gasteiger partial charge in [-0.1, -0.05) is 6.07 Å². The summed E-state index contributed by atoms with van der Waals surface area (Å²) in [6.07, 6.45) is 0.570. The van der Waals surface area contributed by atoms with E-state index in [4.69, 9.17) is 9.47 Å². The van der Waals surface area contributed by atoms with Gasteiger partial charge in [-0.05, 0) is 55.8 Å². The van der Waals surface area contributed by atoms with Gasteiger partial charge >= 0.3 is 0 Å². The molecule has 1 unspecified atom stereocenters. The number of phenolic OH excluding ortho intramolecular Hbond substituents is 2. The van der Waals surface area contributed by atoms with E-state index in [2.05, 4.69) is 10.4 Å². The third-order valence-corrected chi connectivity index (χ3v) is 5.40. The van der Waals surface area contributed by atoms with E-state index >= 15 is 0 Å². The Hall–Kier alpha value is -4.80. The van der Waals surface area contributed by atoms with E-state index in [9.17, 15) is 25.1 Å². The number of nitro benzene ring substituents is 1. The predicted octanol–water partition coefficient (Wildman–Crippen LogP) is 4.40. The van der Waals surface area contributed by atoms with Crippen molar-refractivity contribution in [2.45, 2.75) is 20.0 Å². The lowest BCUT2D eigenvalue weighted by Crippen LogP contribution is -2.39. The molecule has 0 fully saturated rings. The highest BCUT2D eigenvalue weighted by Crippen LogP contribution is 2.38. The van der Waals surface area contributed by atoms with Gasteiger partial charge in [0.1, 0.15) is 0 Å². The van der Waals surface area contributed by atoms with E-state index in [1.807, 2.05) is 0 Å². The molecule has 3 aromatic rings. The molecule has 0 radical (unpaired) electrons. The molecule has 4 rings (SSSR count). The van der Waals surface area contributed by atoms with Crippen LogP contribution in [0.5, 0.6) is 23.0 Å². The van der Waals surface area contributed by atoms with Crippen molar-refractivity contribution in [3.05, 3.63) is 81.4 Å². The quantitative estimate of drug-likeness (QED) is 0.238. The number of aromatic hydroxyl groups is 2. The summed E-state index contributed by atoms with van der Waals surface area (Å²) >= 11 is 0. The molecular formula is C25H24N4O7. The second-order valence-corrected chi connectivity index (χ2v) is 7.75. The summed E-state index contributed by atoms with van der Waals surface area (Å²) in [5, 5.41) is 40.1. The lowest BCUT2D eigenvalue weighted by atomic mass is 10.0. The lowest BCUT2D eigenvalue weighted by molar-refractivity contribution is -0.384. The van der Waals surface area contributed by atoms with Gasteiger partial charge in [-0.25, -0.2) is 5.01 Å². The van der Waals surface area contributed by atoms with Crippen LogP contribution in [0.1, 0.15) is 41.5 Å². The number of nitrogens with one attached hydrogen (secondary N) is 1. The summed E-state index contributed by atoms with van der Waals surface area (Å²) in [5.41, 5.74) is 1.41. The molecule has 36 heavy (non-hydrogen) atoms. The van der Waals surface area contributed by atoms with Crippen molar-refractivity contribution in [2.24, 2.45) is 5.10 Å². The molecule has 0 aromatic heterocycles. The van der Waals surface area contributed by atoms with E-state index < -0.39 is 17.0 Å². The van der Waals surface area contributed by atoms with Gasteiger partial charge in [-0.3, -0.25) is 14.9 Å². The van der Waals surface area contributed by atoms with Crippen LogP contribution in [-0.2, 0) is 0 Å². The first-order valence-corrected chi connectivity index (χ1v) is 11.2. The zero-order valence-electron chi connectivity index (χ0n) is 19.5. The number of nitro groups is 1. The molecule has 1 atom stereocenters. The number of hydrogen-bond acceptors (Lipinski definition) is 9. The SMILES string of the molecule is CCOc1cc(/C=N/N2C(=O)c3ccc([N+](=O)[O-])cc3NC2c2ccc(O)c(OCC)c2)ccc1O. The molecule has 0 saturated heterocycles. The number of carbonyl (C=O) groups excluding carboxylic acids is 1. The Morgan fingerprint density at radius 1 is 1.03 bits per heavy atom. The molecule has 1 heterocycles. The number of hydrazone groups is 1. The van der Waals surface area contributed by atoms with E-state index in [1.165, 1.54) is 41.6 Å². The smallest absolute Gasteiger partial charge is 0.278 e. The minimum absolute atomic E-state index is 0.0225. The van der Waals surface area contributed by atoms with Crippen LogP contribution in [0.25, 0.3) is 0 Å². The van der Waals surface area contributed by atoms with Crippen LogP contribution in [0, 0.1) is 10.1 Å². The van der Waals surface area contributed by atoms with E-state index in [-0.39, 0.29) is 39.9 Å². The van der Waals surface area contributed by atoms with Crippen molar-refractivity contribution >= 4 is 23.5 Å². The normalized spacial score (nSPS) is 14.9. The van der Waals surface area contributed by atoms with Gasteiger partial charge in [0.15, 0.2) is 29.2 Å². The van der Waals surface area contributed by atoms with E-state index in [0.29, 0.717) is 24.3 Å². The van der Waals surface area contributed by atoms with Crippen molar-refractivity contribution in [3.63, 3.8) is 0 Å². The molecular weight excluding hydrogens is 468 g/mol. The number of ether oxygens (including phenoxy) is 2. The predicted molar refractivity (Wildman–Crippen MR) is 132 cm³/mol. The lowest BCUT2D eigenvalue weighted by Gasteiger charge is -2.34. The molecule has 1 aliphatic heterocycles. The summed E-state index contributed by atoms with van der Waals surface area (Å²) in [6.45, 7) is 4.23. The minimum Gasteiger partial charge on any atom is -0.504 e. The molecule has 0 bridgehead atoms. The number of rotatable bonds is 8. The van der Waals surface area contributed by atoms with Crippen LogP contribution in [-0.4, -0.2) is 45.5 Å². The summed E-state index contributed by atoms with van der Waals surface area (Å²) in [4.78, 5) is 24.2. The van der Waals surface area contributed by atoms with Crippen LogP contribution >= 0.6 is 0 Å². The van der Waals surface area contributed by atoms with Crippen LogP contribution in [0.2, 0.25) is 0 Å². The number of phenols is 2. The molecule has 3 aromatic carbocycles. The first-order valence-electron chi connectivity index (χ1n) is 11.2. The Kier molecular flexibility index (Phi) is 6.91. The Bertz CT molecular complexity index is 1340. The maximum absolute atomic E-state index is 13.5. The summed E-state index contributed by atoms with van der Waals surface area (Å²) < 4.78 is 10.9. The van der Waals surface area contributed by atoms with Crippen molar-refractivity contribution in [2.75, 3.05) is 18.5 Å². The fourth-order valence-electron chi connectivity index (χ4n) is 3.73. The largest absolute Gasteiger partial charge is 0.504 e. The average Bonchev–Trinajstić information content (AvgIpc) is 2.86. The third-order valence-electron chi connectivity index (χ3n) is 5.40. The number of anilines is 1.